The second-order valence-corrected chi connectivity index (χ2v) is 6.71. The van der Waals surface area contributed by atoms with Gasteiger partial charge in [0.05, 0.1) is 28.4 Å². The maximum atomic E-state index is 12.8. The SMILES string of the molecule is Cc1ccc(-c2cc(C(=O)NCC3CCCO3)c3c(C)noc3n2)cc1. The molecular formula is C20H21N3O3. The van der Waals surface area contributed by atoms with Crippen LogP contribution in [0.25, 0.3) is 22.4 Å². The Kier molecular flexibility index (Phi) is 4.42. The summed E-state index contributed by atoms with van der Waals surface area (Å²) in [5.74, 6) is -0.160. The van der Waals surface area contributed by atoms with Gasteiger partial charge < -0.3 is 14.6 Å². The molecule has 1 amide bonds. The molecule has 1 saturated heterocycles. The summed E-state index contributed by atoms with van der Waals surface area (Å²) >= 11 is 0. The van der Waals surface area contributed by atoms with Gasteiger partial charge >= 0.3 is 0 Å². The molecule has 4 rings (SSSR count). The van der Waals surface area contributed by atoms with Crippen molar-refractivity contribution in [2.45, 2.75) is 32.8 Å². The number of hydrogen-bond acceptors (Lipinski definition) is 5. The number of amides is 1. The highest BCUT2D eigenvalue weighted by Crippen LogP contribution is 2.27. The highest BCUT2D eigenvalue weighted by Gasteiger charge is 2.21. The van der Waals surface area contributed by atoms with E-state index in [1.54, 1.807) is 0 Å². The number of rotatable bonds is 4. The van der Waals surface area contributed by atoms with Crippen molar-refractivity contribution in [1.29, 1.82) is 0 Å². The summed E-state index contributed by atoms with van der Waals surface area (Å²) < 4.78 is 10.9. The number of carbonyl (C=O) groups excluding carboxylic acids is 1. The molecule has 0 aliphatic carbocycles. The summed E-state index contributed by atoms with van der Waals surface area (Å²) in [6.07, 6.45) is 2.12. The number of aromatic nitrogens is 2. The molecule has 0 radical (unpaired) electrons. The van der Waals surface area contributed by atoms with Crippen LogP contribution >= 0.6 is 0 Å². The number of aryl methyl sites for hydroxylation is 2. The number of nitrogens with zero attached hydrogens (tertiary/aromatic N) is 2. The molecule has 3 aromatic rings. The molecule has 0 spiro atoms. The lowest BCUT2D eigenvalue weighted by atomic mass is 10.0. The minimum atomic E-state index is -0.160. The van der Waals surface area contributed by atoms with E-state index in [2.05, 4.69) is 15.5 Å². The molecule has 1 aromatic carbocycles. The van der Waals surface area contributed by atoms with Crippen LogP contribution in [0.3, 0.4) is 0 Å². The van der Waals surface area contributed by atoms with Gasteiger partial charge in [0.2, 0.25) is 0 Å². The van der Waals surface area contributed by atoms with Crippen molar-refractivity contribution in [1.82, 2.24) is 15.5 Å². The molecule has 134 valence electrons. The lowest BCUT2D eigenvalue weighted by Crippen LogP contribution is -2.32. The van der Waals surface area contributed by atoms with Gasteiger partial charge in [-0.15, -0.1) is 0 Å². The number of ether oxygens (including phenoxy) is 1. The Hall–Kier alpha value is -2.73. The lowest BCUT2D eigenvalue weighted by molar-refractivity contribution is 0.0859. The van der Waals surface area contributed by atoms with Crippen molar-refractivity contribution in [3.63, 3.8) is 0 Å². The summed E-state index contributed by atoms with van der Waals surface area (Å²) in [5.41, 5.74) is 4.35. The number of carbonyl (C=O) groups is 1. The maximum absolute atomic E-state index is 12.8. The third kappa shape index (κ3) is 3.20. The summed E-state index contributed by atoms with van der Waals surface area (Å²) in [5, 5.41) is 7.62. The molecule has 1 atom stereocenters. The van der Waals surface area contributed by atoms with Gasteiger partial charge in [0, 0.05) is 18.7 Å². The molecule has 1 unspecified atom stereocenters. The van der Waals surface area contributed by atoms with E-state index in [1.807, 2.05) is 44.2 Å². The second kappa shape index (κ2) is 6.88. The predicted octanol–water partition coefficient (Wildman–Crippen LogP) is 3.42. The number of hydrogen-bond donors (Lipinski definition) is 1. The monoisotopic (exact) mass is 351 g/mol. The Morgan fingerprint density at radius 1 is 1.27 bits per heavy atom. The Morgan fingerprint density at radius 2 is 2.08 bits per heavy atom. The largest absolute Gasteiger partial charge is 0.376 e. The number of fused-ring (bicyclic) bond motifs is 1. The van der Waals surface area contributed by atoms with Gasteiger partial charge in [-0.3, -0.25) is 4.79 Å². The fraction of sp³-hybridized carbons (Fsp3) is 0.350. The molecule has 3 heterocycles. The first-order valence-electron chi connectivity index (χ1n) is 8.85. The van der Waals surface area contributed by atoms with Crippen LogP contribution in [0, 0.1) is 13.8 Å². The zero-order chi connectivity index (χ0) is 18.1. The van der Waals surface area contributed by atoms with Crippen LogP contribution in [0.2, 0.25) is 0 Å². The summed E-state index contributed by atoms with van der Waals surface area (Å²) in [7, 11) is 0. The molecule has 1 aliphatic heterocycles. The number of pyridine rings is 1. The third-order valence-electron chi connectivity index (χ3n) is 4.72. The Balaban J connectivity index is 1.70. The number of nitrogens with one attached hydrogen (secondary N) is 1. The first kappa shape index (κ1) is 16.7. The average Bonchev–Trinajstić information content (AvgIpc) is 3.30. The topological polar surface area (TPSA) is 77.2 Å². The van der Waals surface area contributed by atoms with Crippen molar-refractivity contribution >= 4 is 17.0 Å². The minimum absolute atomic E-state index is 0.0939. The van der Waals surface area contributed by atoms with E-state index >= 15 is 0 Å². The van der Waals surface area contributed by atoms with Crippen LogP contribution in [0.4, 0.5) is 0 Å². The molecule has 6 heteroatoms. The van der Waals surface area contributed by atoms with E-state index in [-0.39, 0.29) is 12.0 Å². The molecule has 6 nitrogen and oxygen atoms in total. The minimum Gasteiger partial charge on any atom is -0.376 e. The maximum Gasteiger partial charge on any atom is 0.259 e. The first-order chi connectivity index (χ1) is 12.6. The van der Waals surface area contributed by atoms with Crippen LogP contribution in [0.15, 0.2) is 34.9 Å². The Labute approximate surface area is 151 Å². The Morgan fingerprint density at radius 3 is 2.81 bits per heavy atom. The van der Waals surface area contributed by atoms with E-state index in [9.17, 15) is 4.79 Å². The number of benzene rings is 1. The van der Waals surface area contributed by atoms with Crippen molar-refractivity contribution in [2.24, 2.45) is 0 Å². The Bertz CT molecular complexity index is 941. The van der Waals surface area contributed by atoms with Crippen molar-refractivity contribution < 1.29 is 14.1 Å². The summed E-state index contributed by atoms with van der Waals surface area (Å²) in [6.45, 7) is 5.12. The van der Waals surface area contributed by atoms with Gasteiger partial charge in [0.25, 0.3) is 11.6 Å². The highest BCUT2D eigenvalue weighted by atomic mass is 16.5. The van der Waals surface area contributed by atoms with E-state index in [4.69, 9.17) is 9.26 Å². The lowest BCUT2D eigenvalue weighted by Gasteiger charge is -2.12. The molecular weight excluding hydrogens is 330 g/mol. The van der Waals surface area contributed by atoms with E-state index in [1.165, 1.54) is 5.56 Å². The van der Waals surface area contributed by atoms with Gasteiger partial charge in [0.1, 0.15) is 0 Å². The third-order valence-corrected chi connectivity index (χ3v) is 4.72. The van der Waals surface area contributed by atoms with Gasteiger partial charge in [-0.05, 0) is 32.8 Å². The second-order valence-electron chi connectivity index (χ2n) is 6.71. The normalized spacial score (nSPS) is 16.9. The highest BCUT2D eigenvalue weighted by molar-refractivity contribution is 6.07. The standard InChI is InChI=1S/C20H21N3O3/c1-12-5-7-14(8-6-12)17-10-16(18-13(2)23-26-20(18)22-17)19(24)21-11-15-4-3-9-25-15/h5-8,10,15H,3-4,9,11H2,1-2H3,(H,21,24). The molecule has 1 fully saturated rings. The van der Waals surface area contributed by atoms with E-state index in [0.717, 1.165) is 25.0 Å². The van der Waals surface area contributed by atoms with Crippen LogP contribution in [0.5, 0.6) is 0 Å². The molecule has 0 saturated carbocycles. The van der Waals surface area contributed by atoms with E-state index < -0.39 is 0 Å². The fourth-order valence-electron chi connectivity index (χ4n) is 3.25. The van der Waals surface area contributed by atoms with Crippen molar-refractivity contribution in [2.75, 3.05) is 13.2 Å². The van der Waals surface area contributed by atoms with Gasteiger partial charge in [0.15, 0.2) is 0 Å². The van der Waals surface area contributed by atoms with Gasteiger partial charge in [-0.2, -0.15) is 0 Å². The van der Waals surface area contributed by atoms with Gasteiger partial charge in [-0.25, -0.2) is 4.98 Å². The summed E-state index contributed by atoms with van der Waals surface area (Å²) in [6, 6.07) is 9.82. The van der Waals surface area contributed by atoms with Crippen LogP contribution in [0.1, 0.15) is 34.5 Å². The van der Waals surface area contributed by atoms with Crippen LogP contribution in [-0.2, 0) is 4.74 Å². The molecule has 1 N–H and O–H groups in total. The van der Waals surface area contributed by atoms with Gasteiger partial charge in [-0.1, -0.05) is 35.0 Å². The molecule has 26 heavy (non-hydrogen) atoms. The van der Waals surface area contributed by atoms with E-state index in [0.29, 0.717) is 34.6 Å². The van der Waals surface area contributed by atoms with Crippen LogP contribution in [-0.4, -0.2) is 35.3 Å². The molecule has 1 aliphatic rings. The fourth-order valence-corrected chi connectivity index (χ4v) is 3.25. The quantitative estimate of drug-likeness (QED) is 0.779. The smallest absolute Gasteiger partial charge is 0.259 e. The zero-order valence-electron chi connectivity index (χ0n) is 14.9. The predicted molar refractivity (Wildman–Crippen MR) is 98.0 cm³/mol. The van der Waals surface area contributed by atoms with Crippen molar-refractivity contribution in [3.8, 4) is 11.3 Å². The molecule has 2 aromatic heterocycles. The van der Waals surface area contributed by atoms with Crippen molar-refractivity contribution in [3.05, 3.63) is 47.2 Å². The van der Waals surface area contributed by atoms with Crippen LogP contribution < -0.4 is 5.32 Å². The average molecular weight is 351 g/mol. The summed E-state index contributed by atoms with van der Waals surface area (Å²) in [4.78, 5) is 17.4. The first-order valence-corrected chi connectivity index (χ1v) is 8.85. The molecule has 0 bridgehead atoms. The zero-order valence-corrected chi connectivity index (χ0v) is 14.9.